The summed E-state index contributed by atoms with van der Waals surface area (Å²) in [7, 11) is 1.76. The van der Waals surface area contributed by atoms with E-state index in [-0.39, 0.29) is 18.5 Å². The summed E-state index contributed by atoms with van der Waals surface area (Å²) in [6, 6.07) is -0.279. The van der Waals surface area contributed by atoms with Crippen molar-refractivity contribution in [3.05, 3.63) is 12.4 Å². The van der Waals surface area contributed by atoms with Gasteiger partial charge in [-0.25, -0.2) is 4.79 Å². The number of urea groups is 1. The molecule has 18 heavy (non-hydrogen) atoms. The van der Waals surface area contributed by atoms with Gasteiger partial charge < -0.3 is 15.3 Å². The van der Waals surface area contributed by atoms with E-state index in [1.54, 1.807) is 24.1 Å². The van der Waals surface area contributed by atoms with Crippen LogP contribution in [-0.4, -0.2) is 44.9 Å². The Bertz CT molecular complexity index is 471. The molecule has 0 saturated carbocycles. The Kier molecular flexibility index (Phi) is 3.22. The molecule has 1 fully saturated rings. The van der Waals surface area contributed by atoms with Gasteiger partial charge in [0.05, 0.1) is 17.8 Å². The molecule has 1 aliphatic rings. The number of amides is 2. The maximum atomic E-state index is 11.9. The molecule has 7 heteroatoms. The fourth-order valence-corrected chi connectivity index (χ4v) is 2.14. The number of carboxylic acid groups (broad SMARTS) is 1. The maximum Gasteiger partial charge on any atom is 0.321 e. The lowest BCUT2D eigenvalue weighted by atomic mass is 9.99. The lowest BCUT2D eigenvalue weighted by molar-refractivity contribution is -0.142. The van der Waals surface area contributed by atoms with Crippen molar-refractivity contribution >= 4 is 17.7 Å². The zero-order chi connectivity index (χ0) is 13.3. The van der Waals surface area contributed by atoms with Crippen LogP contribution in [0.5, 0.6) is 0 Å². The molecule has 2 N–H and O–H groups in total. The van der Waals surface area contributed by atoms with E-state index in [1.807, 2.05) is 6.92 Å². The predicted octanol–water partition coefficient (Wildman–Crippen LogP) is 0.604. The lowest BCUT2D eigenvalue weighted by Crippen LogP contribution is -2.33. The number of carbonyl (C=O) groups is 2. The first-order chi connectivity index (χ1) is 8.47. The van der Waals surface area contributed by atoms with Gasteiger partial charge >= 0.3 is 12.0 Å². The Morgan fingerprint density at radius 2 is 2.22 bits per heavy atom. The van der Waals surface area contributed by atoms with Crippen LogP contribution < -0.4 is 5.32 Å². The van der Waals surface area contributed by atoms with Gasteiger partial charge in [-0.3, -0.25) is 9.48 Å². The molecule has 2 atom stereocenters. The number of carboxylic acids is 1. The number of aliphatic carboxylic acids is 1. The second-order valence-corrected chi connectivity index (χ2v) is 4.66. The first-order valence-electron chi connectivity index (χ1n) is 5.74. The van der Waals surface area contributed by atoms with Gasteiger partial charge in [-0.05, 0) is 5.92 Å². The number of aryl methyl sites for hydroxylation is 1. The summed E-state index contributed by atoms with van der Waals surface area (Å²) in [6.07, 6.45) is 3.23. The van der Waals surface area contributed by atoms with Gasteiger partial charge in [0.1, 0.15) is 0 Å². The predicted molar refractivity (Wildman–Crippen MR) is 64.1 cm³/mol. The summed E-state index contributed by atoms with van der Waals surface area (Å²) in [6.45, 7) is 2.56. The van der Waals surface area contributed by atoms with Crippen LogP contribution in [0, 0.1) is 11.8 Å². The maximum absolute atomic E-state index is 11.9. The van der Waals surface area contributed by atoms with E-state index in [4.69, 9.17) is 5.11 Å². The number of aromatic nitrogens is 2. The average Bonchev–Trinajstić information content (AvgIpc) is 2.85. The normalized spacial score (nSPS) is 23.1. The SMILES string of the molecule is CC1CN(C(=O)Nc2cnn(C)c2)CC1C(=O)O. The quantitative estimate of drug-likeness (QED) is 0.807. The number of hydrogen-bond acceptors (Lipinski definition) is 3. The minimum absolute atomic E-state index is 0.0258. The highest BCUT2D eigenvalue weighted by Gasteiger charge is 2.36. The molecule has 0 bridgehead atoms. The Balaban J connectivity index is 1.97. The highest BCUT2D eigenvalue weighted by Crippen LogP contribution is 2.23. The minimum atomic E-state index is -0.848. The van der Waals surface area contributed by atoms with Crippen molar-refractivity contribution in [2.45, 2.75) is 6.92 Å². The summed E-state index contributed by atoms with van der Waals surface area (Å²) in [4.78, 5) is 24.4. The molecule has 0 aliphatic carbocycles. The molecular weight excluding hydrogens is 236 g/mol. The van der Waals surface area contributed by atoms with Gasteiger partial charge in [0.2, 0.25) is 0 Å². The molecule has 1 aliphatic heterocycles. The molecule has 0 aromatic carbocycles. The number of rotatable bonds is 2. The van der Waals surface area contributed by atoms with Crippen LogP contribution in [0.25, 0.3) is 0 Å². The van der Waals surface area contributed by atoms with Crippen LogP contribution in [0.3, 0.4) is 0 Å². The largest absolute Gasteiger partial charge is 0.481 e. The van der Waals surface area contributed by atoms with Crippen LogP contribution in [0.1, 0.15) is 6.92 Å². The number of hydrogen-bond donors (Lipinski definition) is 2. The zero-order valence-corrected chi connectivity index (χ0v) is 10.3. The van der Waals surface area contributed by atoms with E-state index in [0.717, 1.165) is 0 Å². The highest BCUT2D eigenvalue weighted by atomic mass is 16.4. The molecule has 2 rings (SSSR count). The molecule has 98 valence electrons. The van der Waals surface area contributed by atoms with Crippen molar-refractivity contribution in [1.29, 1.82) is 0 Å². The second kappa shape index (κ2) is 4.67. The summed E-state index contributed by atoms with van der Waals surface area (Å²) >= 11 is 0. The average molecular weight is 252 g/mol. The smallest absolute Gasteiger partial charge is 0.321 e. The van der Waals surface area contributed by atoms with E-state index >= 15 is 0 Å². The number of nitrogens with one attached hydrogen (secondary N) is 1. The summed E-state index contributed by atoms with van der Waals surface area (Å²) in [5.74, 6) is -1.36. The second-order valence-electron chi connectivity index (χ2n) is 4.66. The van der Waals surface area contributed by atoms with E-state index in [1.165, 1.54) is 4.90 Å². The lowest BCUT2D eigenvalue weighted by Gasteiger charge is -2.15. The molecule has 0 spiro atoms. The fourth-order valence-electron chi connectivity index (χ4n) is 2.14. The van der Waals surface area contributed by atoms with Crippen LogP contribution in [0.4, 0.5) is 10.5 Å². The van der Waals surface area contributed by atoms with Gasteiger partial charge in [0, 0.05) is 26.3 Å². The fraction of sp³-hybridized carbons (Fsp3) is 0.545. The van der Waals surface area contributed by atoms with Gasteiger partial charge in [0.25, 0.3) is 0 Å². The van der Waals surface area contributed by atoms with Crippen molar-refractivity contribution in [2.24, 2.45) is 18.9 Å². The number of likely N-dealkylation sites (tertiary alicyclic amines) is 1. The van der Waals surface area contributed by atoms with E-state index in [0.29, 0.717) is 12.2 Å². The summed E-state index contributed by atoms with van der Waals surface area (Å²) in [5.41, 5.74) is 0.605. The standard InChI is InChI=1S/C11H16N4O3/c1-7-4-15(6-9(7)10(16)17)11(18)13-8-3-12-14(2)5-8/h3,5,7,9H,4,6H2,1-2H3,(H,13,18)(H,16,17). The molecule has 2 amide bonds. The first kappa shape index (κ1) is 12.4. The Morgan fingerprint density at radius 1 is 1.50 bits per heavy atom. The Labute approximate surface area is 104 Å². The van der Waals surface area contributed by atoms with Gasteiger partial charge in [-0.15, -0.1) is 0 Å². The topological polar surface area (TPSA) is 87.5 Å². The molecule has 7 nitrogen and oxygen atoms in total. The Hall–Kier alpha value is -2.05. The zero-order valence-electron chi connectivity index (χ0n) is 10.3. The van der Waals surface area contributed by atoms with Crippen LogP contribution in [0.2, 0.25) is 0 Å². The van der Waals surface area contributed by atoms with Crippen LogP contribution in [-0.2, 0) is 11.8 Å². The van der Waals surface area contributed by atoms with Crippen molar-refractivity contribution in [3.8, 4) is 0 Å². The third kappa shape index (κ3) is 2.44. The molecular formula is C11H16N4O3. The van der Waals surface area contributed by atoms with Crippen LogP contribution in [0.15, 0.2) is 12.4 Å². The Morgan fingerprint density at radius 3 is 2.72 bits per heavy atom. The third-order valence-corrected chi connectivity index (χ3v) is 3.17. The third-order valence-electron chi connectivity index (χ3n) is 3.17. The van der Waals surface area contributed by atoms with Crippen molar-refractivity contribution in [1.82, 2.24) is 14.7 Å². The molecule has 1 aromatic heterocycles. The molecule has 0 radical (unpaired) electrons. The molecule has 2 heterocycles. The number of carbonyl (C=O) groups excluding carboxylic acids is 1. The minimum Gasteiger partial charge on any atom is -0.481 e. The van der Waals surface area contributed by atoms with Gasteiger partial charge in [-0.1, -0.05) is 6.92 Å². The molecule has 2 unspecified atom stereocenters. The highest BCUT2D eigenvalue weighted by molar-refractivity contribution is 5.89. The number of nitrogens with zero attached hydrogens (tertiary/aromatic N) is 3. The van der Waals surface area contributed by atoms with Gasteiger partial charge in [0.15, 0.2) is 0 Å². The summed E-state index contributed by atoms with van der Waals surface area (Å²) in [5, 5.41) is 15.6. The molecule has 1 saturated heterocycles. The monoisotopic (exact) mass is 252 g/mol. The number of anilines is 1. The van der Waals surface area contributed by atoms with Crippen molar-refractivity contribution < 1.29 is 14.7 Å². The first-order valence-corrected chi connectivity index (χ1v) is 5.74. The van der Waals surface area contributed by atoms with Crippen molar-refractivity contribution in [2.75, 3.05) is 18.4 Å². The van der Waals surface area contributed by atoms with E-state index in [9.17, 15) is 9.59 Å². The summed E-state index contributed by atoms with van der Waals surface area (Å²) < 4.78 is 1.59. The van der Waals surface area contributed by atoms with Crippen LogP contribution >= 0.6 is 0 Å². The van der Waals surface area contributed by atoms with E-state index < -0.39 is 11.9 Å². The van der Waals surface area contributed by atoms with Crippen molar-refractivity contribution in [3.63, 3.8) is 0 Å². The molecule has 1 aromatic rings. The van der Waals surface area contributed by atoms with E-state index in [2.05, 4.69) is 10.4 Å². The van der Waals surface area contributed by atoms with Gasteiger partial charge in [-0.2, -0.15) is 5.10 Å².